The Bertz CT molecular complexity index is 581. The zero-order valence-electron chi connectivity index (χ0n) is 10.3. The topological polar surface area (TPSA) is 53.1 Å². The van der Waals surface area contributed by atoms with E-state index in [1.165, 1.54) is 10.9 Å². The molecular formula is C15H17NO2. The number of H-pyrrole nitrogens is 1. The van der Waals surface area contributed by atoms with Crippen molar-refractivity contribution in [3.8, 4) is 0 Å². The van der Waals surface area contributed by atoms with E-state index in [0.717, 1.165) is 37.6 Å². The summed E-state index contributed by atoms with van der Waals surface area (Å²) in [5.74, 6) is -0.610. The lowest BCUT2D eigenvalue weighted by molar-refractivity contribution is -0.143. The number of hydrogen-bond donors (Lipinski definition) is 2. The van der Waals surface area contributed by atoms with Crippen molar-refractivity contribution in [1.82, 2.24) is 4.98 Å². The van der Waals surface area contributed by atoms with Crippen LogP contribution in [0.25, 0.3) is 10.9 Å². The van der Waals surface area contributed by atoms with Gasteiger partial charge in [0.05, 0.1) is 5.41 Å². The molecule has 1 aliphatic rings. The van der Waals surface area contributed by atoms with Crippen LogP contribution in [-0.4, -0.2) is 16.1 Å². The molecule has 1 saturated carbocycles. The van der Waals surface area contributed by atoms with Gasteiger partial charge >= 0.3 is 5.97 Å². The number of aryl methyl sites for hydroxylation is 1. The van der Waals surface area contributed by atoms with E-state index < -0.39 is 5.97 Å². The van der Waals surface area contributed by atoms with Crippen LogP contribution >= 0.6 is 0 Å². The third-order valence-electron chi connectivity index (χ3n) is 4.08. The molecule has 1 aromatic carbocycles. The third kappa shape index (κ3) is 1.90. The van der Waals surface area contributed by atoms with Gasteiger partial charge in [0, 0.05) is 17.1 Å². The Morgan fingerprint density at radius 2 is 2.11 bits per heavy atom. The molecule has 0 atom stereocenters. The van der Waals surface area contributed by atoms with Crippen molar-refractivity contribution in [2.75, 3.05) is 0 Å². The molecule has 3 nitrogen and oxygen atoms in total. The van der Waals surface area contributed by atoms with E-state index in [9.17, 15) is 4.79 Å². The fourth-order valence-electron chi connectivity index (χ4n) is 2.68. The van der Waals surface area contributed by atoms with Crippen LogP contribution in [0, 0.1) is 5.41 Å². The van der Waals surface area contributed by atoms with Crippen molar-refractivity contribution in [2.45, 2.75) is 32.1 Å². The van der Waals surface area contributed by atoms with E-state index in [2.05, 4.69) is 17.1 Å². The fraction of sp³-hybridized carbons (Fsp3) is 0.400. The molecule has 0 saturated heterocycles. The summed E-state index contributed by atoms with van der Waals surface area (Å²) in [6, 6.07) is 8.25. The van der Waals surface area contributed by atoms with Gasteiger partial charge in [0.2, 0.25) is 0 Å². The summed E-state index contributed by atoms with van der Waals surface area (Å²) >= 11 is 0. The standard InChI is InChI=1S/C15H17NO2/c17-14(18)15(8-9-15)7-3-4-11-10-16-13-6-2-1-5-12(11)13/h1-2,5-6,10,16H,3-4,7-9H2,(H,17,18). The predicted molar refractivity (Wildman–Crippen MR) is 70.5 cm³/mol. The molecule has 0 aliphatic heterocycles. The van der Waals surface area contributed by atoms with Crippen LogP contribution in [0.15, 0.2) is 30.5 Å². The SMILES string of the molecule is O=C(O)C1(CCCc2c[nH]c3ccccc23)CC1. The van der Waals surface area contributed by atoms with Crippen LogP contribution in [0.2, 0.25) is 0 Å². The maximum absolute atomic E-state index is 11.1. The largest absolute Gasteiger partial charge is 0.481 e. The first kappa shape index (κ1) is 11.3. The average molecular weight is 243 g/mol. The number of carbonyl (C=O) groups is 1. The molecule has 18 heavy (non-hydrogen) atoms. The minimum atomic E-state index is -0.610. The summed E-state index contributed by atoms with van der Waals surface area (Å²) in [5, 5.41) is 10.4. The molecule has 3 rings (SSSR count). The average Bonchev–Trinajstić information content (AvgIpc) is 3.06. The monoisotopic (exact) mass is 243 g/mol. The summed E-state index contributed by atoms with van der Waals surface area (Å²) in [5.41, 5.74) is 2.07. The van der Waals surface area contributed by atoms with Crippen LogP contribution in [0.5, 0.6) is 0 Å². The molecule has 1 fully saturated rings. The van der Waals surface area contributed by atoms with E-state index in [1.807, 2.05) is 18.3 Å². The van der Waals surface area contributed by atoms with Gasteiger partial charge in [-0.15, -0.1) is 0 Å². The summed E-state index contributed by atoms with van der Waals surface area (Å²) in [6.07, 6.45) is 6.48. The number of carboxylic acids is 1. The molecule has 0 spiro atoms. The van der Waals surface area contributed by atoms with Gasteiger partial charge in [-0.25, -0.2) is 0 Å². The number of aliphatic carboxylic acids is 1. The van der Waals surface area contributed by atoms with Crippen molar-refractivity contribution in [3.63, 3.8) is 0 Å². The zero-order valence-corrected chi connectivity index (χ0v) is 10.3. The highest BCUT2D eigenvalue weighted by Gasteiger charge is 2.49. The Morgan fingerprint density at radius 1 is 1.33 bits per heavy atom. The molecule has 0 amide bonds. The molecule has 1 aromatic heterocycles. The fourth-order valence-corrected chi connectivity index (χ4v) is 2.68. The molecular weight excluding hydrogens is 226 g/mol. The number of hydrogen-bond acceptors (Lipinski definition) is 1. The first-order chi connectivity index (χ1) is 8.71. The molecule has 2 aromatic rings. The number of para-hydroxylation sites is 1. The van der Waals surface area contributed by atoms with Gasteiger partial charge in [0.15, 0.2) is 0 Å². The van der Waals surface area contributed by atoms with Crippen LogP contribution < -0.4 is 0 Å². The third-order valence-corrected chi connectivity index (χ3v) is 4.08. The van der Waals surface area contributed by atoms with Crippen LogP contribution in [0.1, 0.15) is 31.2 Å². The lowest BCUT2D eigenvalue weighted by atomic mass is 9.97. The number of benzene rings is 1. The summed E-state index contributed by atoms with van der Waals surface area (Å²) in [7, 11) is 0. The first-order valence-electron chi connectivity index (χ1n) is 6.50. The Kier molecular flexibility index (Phi) is 2.62. The Hall–Kier alpha value is -1.77. The molecule has 3 heteroatoms. The number of fused-ring (bicyclic) bond motifs is 1. The second-order valence-electron chi connectivity index (χ2n) is 5.30. The second kappa shape index (κ2) is 4.16. The van der Waals surface area contributed by atoms with Gasteiger partial charge in [-0.3, -0.25) is 4.79 Å². The highest BCUT2D eigenvalue weighted by atomic mass is 16.4. The van der Waals surface area contributed by atoms with Crippen LogP contribution in [0.4, 0.5) is 0 Å². The first-order valence-corrected chi connectivity index (χ1v) is 6.50. The molecule has 0 bridgehead atoms. The number of nitrogens with one attached hydrogen (secondary N) is 1. The number of aromatic amines is 1. The maximum Gasteiger partial charge on any atom is 0.309 e. The van der Waals surface area contributed by atoms with Crippen molar-refractivity contribution in [1.29, 1.82) is 0 Å². The molecule has 0 radical (unpaired) electrons. The smallest absolute Gasteiger partial charge is 0.309 e. The molecule has 1 heterocycles. The number of carboxylic acid groups (broad SMARTS) is 1. The van der Waals surface area contributed by atoms with Gasteiger partial charge < -0.3 is 10.1 Å². The van der Waals surface area contributed by atoms with Crippen LogP contribution in [-0.2, 0) is 11.2 Å². The van der Waals surface area contributed by atoms with E-state index in [4.69, 9.17) is 5.11 Å². The lowest BCUT2D eigenvalue weighted by Gasteiger charge is -2.08. The minimum Gasteiger partial charge on any atom is -0.481 e. The molecule has 2 N–H and O–H groups in total. The van der Waals surface area contributed by atoms with Crippen molar-refractivity contribution in [2.24, 2.45) is 5.41 Å². The van der Waals surface area contributed by atoms with Crippen LogP contribution in [0.3, 0.4) is 0 Å². The van der Waals surface area contributed by atoms with Gasteiger partial charge in [-0.05, 0) is 43.7 Å². The Morgan fingerprint density at radius 3 is 2.83 bits per heavy atom. The molecule has 1 aliphatic carbocycles. The van der Waals surface area contributed by atoms with Crippen molar-refractivity contribution < 1.29 is 9.90 Å². The Labute approximate surface area is 106 Å². The number of rotatable bonds is 5. The maximum atomic E-state index is 11.1. The van der Waals surface area contributed by atoms with E-state index in [1.54, 1.807) is 0 Å². The normalized spacial score (nSPS) is 16.9. The summed E-state index contributed by atoms with van der Waals surface area (Å²) in [6.45, 7) is 0. The lowest BCUT2D eigenvalue weighted by Crippen LogP contribution is -2.14. The second-order valence-corrected chi connectivity index (χ2v) is 5.30. The highest BCUT2D eigenvalue weighted by Crippen LogP contribution is 2.50. The van der Waals surface area contributed by atoms with E-state index in [-0.39, 0.29) is 5.41 Å². The van der Waals surface area contributed by atoms with Gasteiger partial charge in [-0.1, -0.05) is 18.2 Å². The predicted octanol–water partition coefficient (Wildman–Crippen LogP) is 3.36. The van der Waals surface area contributed by atoms with E-state index >= 15 is 0 Å². The van der Waals surface area contributed by atoms with Crippen molar-refractivity contribution in [3.05, 3.63) is 36.0 Å². The minimum absolute atomic E-state index is 0.383. The van der Waals surface area contributed by atoms with Gasteiger partial charge in [0.25, 0.3) is 0 Å². The molecule has 94 valence electrons. The van der Waals surface area contributed by atoms with Gasteiger partial charge in [-0.2, -0.15) is 0 Å². The summed E-state index contributed by atoms with van der Waals surface area (Å²) in [4.78, 5) is 14.3. The molecule has 0 unspecified atom stereocenters. The quantitative estimate of drug-likeness (QED) is 0.846. The highest BCUT2D eigenvalue weighted by molar-refractivity contribution is 5.83. The van der Waals surface area contributed by atoms with Crippen molar-refractivity contribution >= 4 is 16.9 Å². The van der Waals surface area contributed by atoms with Gasteiger partial charge in [0.1, 0.15) is 0 Å². The van der Waals surface area contributed by atoms with E-state index in [0.29, 0.717) is 0 Å². The summed E-state index contributed by atoms with van der Waals surface area (Å²) < 4.78 is 0. The Balaban J connectivity index is 1.65. The number of aromatic nitrogens is 1. The zero-order chi connectivity index (χ0) is 12.6.